The molecule has 0 bridgehead atoms. The first kappa shape index (κ1) is 24.0. The second-order valence-electron chi connectivity index (χ2n) is 6.98. The van der Waals surface area contributed by atoms with E-state index in [1.165, 1.54) is 49.5 Å². The highest BCUT2D eigenvalue weighted by Gasteiger charge is 2.21. The average molecular weight is 488 g/mol. The summed E-state index contributed by atoms with van der Waals surface area (Å²) < 4.78 is 31.7. The Labute approximate surface area is 194 Å². The van der Waals surface area contributed by atoms with E-state index in [0.29, 0.717) is 5.69 Å². The van der Waals surface area contributed by atoms with Crippen LogP contribution in [0.5, 0.6) is 0 Å². The fourth-order valence-corrected chi connectivity index (χ4v) is 4.80. The predicted molar refractivity (Wildman–Crippen MR) is 125 cm³/mol. The Morgan fingerprint density at radius 3 is 2.27 bits per heavy atom. The second-order valence-corrected chi connectivity index (χ2v) is 9.87. The molecule has 3 aromatic rings. The lowest BCUT2D eigenvalue weighted by atomic mass is 10.2. The van der Waals surface area contributed by atoms with Crippen LogP contribution in [-0.4, -0.2) is 39.9 Å². The third-order valence-corrected chi connectivity index (χ3v) is 7.29. The summed E-state index contributed by atoms with van der Waals surface area (Å²) in [6.45, 7) is 1.29. The number of rotatable bonds is 8. The Kier molecular flexibility index (Phi) is 7.14. The molecule has 1 aromatic heterocycles. The summed E-state index contributed by atoms with van der Waals surface area (Å²) in [5, 5.41) is 4.33. The molecule has 0 saturated carbocycles. The molecular formula is C22H21N3O6S2. The first-order valence-electron chi connectivity index (χ1n) is 9.59. The van der Waals surface area contributed by atoms with E-state index in [2.05, 4.69) is 5.32 Å². The fraction of sp³-hybridized carbons (Fsp3) is 0.136. The van der Waals surface area contributed by atoms with Crippen LogP contribution in [0.15, 0.2) is 64.9 Å². The lowest BCUT2D eigenvalue weighted by Gasteiger charge is -2.19. The molecule has 3 rings (SSSR count). The molecule has 0 spiro atoms. The molecule has 9 nitrogen and oxygen atoms in total. The van der Waals surface area contributed by atoms with E-state index in [4.69, 9.17) is 10.5 Å². The molecule has 0 aliphatic carbocycles. The average Bonchev–Trinajstić information content (AvgIpc) is 3.25. The van der Waals surface area contributed by atoms with E-state index in [0.717, 1.165) is 21.2 Å². The summed E-state index contributed by atoms with van der Waals surface area (Å²) in [6, 6.07) is 13.7. The number of nitrogens with one attached hydrogen (secondary N) is 1. The standard InChI is InChI=1S/C22H21N3O6S2/c1-14-3-9-17(10-4-14)33(29,30)25(2)16-7-5-15(6-8-16)22(28)31-13-19(26)24-21-18(20(23)27)11-12-32-21/h3-12H,13H2,1-2H3,(H2,23,27)(H,24,26). The third kappa shape index (κ3) is 5.57. The van der Waals surface area contributed by atoms with Crippen molar-refractivity contribution in [1.29, 1.82) is 0 Å². The van der Waals surface area contributed by atoms with Gasteiger partial charge in [-0.25, -0.2) is 13.2 Å². The van der Waals surface area contributed by atoms with Gasteiger partial charge in [0.1, 0.15) is 5.00 Å². The number of thiophene rings is 1. The van der Waals surface area contributed by atoms with E-state index >= 15 is 0 Å². The van der Waals surface area contributed by atoms with Gasteiger partial charge < -0.3 is 15.8 Å². The summed E-state index contributed by atoms with van der Waals surface area (Å²) in [5.74, 6) is -2.08. The minimum Gasteiger partial charge on any atom is -0.452 e. The number of carbonyl (C=O) groups excluding carboxylic acids is 3. The Morgan fingerprint density at radius 1 is 1.03 bits per heavy atom. The van der Waals surface area contributed by atoms with Crippen LogP contribution >= 0.6 is 11.3 Å². The quantitative estimate of drug-likeness (QED) is 0.469. The van der Waals surface area contributed by atoms with Gasteiger partial charge in [0.15, 0.2) is 6.61 Å². The van der Waals surface area contributed by atoms with Crippen LogP contribution in [0, 0.1) is 6.92 Å². The fourth-order valence-electron chi connectivity index (χ4n) is 2.79. The smallest absolute Gasteiger partial charge is 0.338 e. The summed E-state index contributed by atoms with van der Waals surface area (Å²) in [7, 11) is -2.35. The lowest BCUT2D eigenvalue weighted by molar-refractivity contribution is -0.119. The van der Waals surface area contributed by atoms with Crippen molar-refractivity contribution < 1.29 is 27.5 Å². The number of primary amides is 1. The van der Waals surface area contributed by atoms with Gasteiger partial charge in [-0.05, 0) is 54.8 Å². The number of esters is 1. The molecule has 0 saturated heterocycles. The lowest BCUT2D eigenvalue weighted by Crippen LogP contribution is -2.26. The third-order valence-electron chi connectivity index (χ3n) is 4.66. The number of hydrogen-bond acceptors (Lipinski definition) is 7. The second kappa shape index (κ2) is 9.84. The first-order valence-corrected chi connectivity index (χ1v) is 11.9. The summed E-state index contributed by atoms with van der Waals surface area (Å²) in [6.07, 6.45) is 0. The van der Waals surface area contributed by atoms with Crippen LogP contribution in [0.4, 0.5) is 10.7 Å². The molecule has 1 heterocycles. The number of amides is 2. The van der Waals surface area contributed by atoms with E-state index in [-0.39, 0.29) is 21.0 Å². The number of ether oxygens (including phenoxy) is 1. The van der Waals surface area contributed by atoms with Gasteiger partial charge in [0.25, 0.3) is 21.8 Å². The molecule has 33 heavy (non-hydrogen) atoms. The number of nitrogens with zero attached hydrogens (tertiary/aromatic N) is 1. The Bertz CT molecular complexity index is 1280. The summed E-state index contributed by atoms with van der Waals surface area (Å²) in [4.78, 5) is 35.7. The van der Waals surface area contributed by atoms with E-state index in [1.807, 2.05) is 6.92 Å². The van der Waals surface area contributed by atoms with Gasteiger partial charge in [-0.15, -0.1) is 11.3 Å². The highest BCUT2D eigenvalue weighted by Crippen LogP contribution is 2.24. The van der Waals surface area contributed by atoms with Crippen LogP contribution in [0.25, 0.3) is 0 Å². The zero-order chi connectivity index (χ0) is 24.2. The maximum atomic E-state index is 12.8. The van der Waals surface area contributed by atoms with Crippen molar-refractivity contribution in [2.75, 3.05) is 23.3 Å². The summed E-state index contributed by atoms with van der Waals surface area (Å²) in [5.41, 5.74) is 6.82. The van der Waals surface area contributed by atoms with Gasteiger partial charge in [-0.2, -0.15) is 0 Å². The van der Waals surface area contributed by atoms with Gasteiger partial charge in [-0.3, -0.25) is 13.9 Å². The SMILES string of the molecule is Cc1ccc(S(=O)(=O)N(C)c2ccc(C(=O)OCC(=O)Nc3sccc3C(N)=O)cc2)cc1. The number of nitrogens with two attached hydrogens (primary N) is 1. The Morgan fingerprint density at radius 2 is 1.67 bits per heavy atom. The number of hydrogen-bond donors (Lipinski definition) is 2. The first-order chi connectivity index (χ1) is 15.6. The molecule has 0 fully saturated rings. The van der Waals surface area contributed by atoms with Gasteiger partial charge in [0.2, 0.25) is 0 Å². The molecule has 0 radical (unpaired) electrons. The minimum absolute atomic E-state index is 0.140. The van der Waals surface area contributed by atoms with E-state index in [9.17, 15) is 22.8 Å². The van der Waals surface area contributed by atoms with Crippen LogP contribution in [0.2, 0.25) is 0 Å². The highest BCUT2D eigenvalue weighted by molar-refractivity contribution is 7.92. The number of benzene rings is 2. The van der Waals surface area contributed by atoms with E-state index < -0.39 is 34.4 Å². The molecule has 0 aliphatic rings. The normalized spacial score (nSPS) is 11.0. The Balaban J connectivity index is 1.61. The maximum absolute atomic E-state index is 12.8. The van der Waals surface area contributed by atoms with Crippen molar-refractivity contribution in [3.05, 3.63) is 76.7 Å². The molecule has 2 aromatic carbocycles. The van der Waals surface area contributed by atoms with Crippen LogP contribution in [-0.2, 0) is 19.6 Å². The van der Waals surface area contributed by atoms with Crippen molar-refractivity contribution in [2.45, 2.75) is 11.8 Å². The molecule has 172 valence electrons. The molecule has 0 unspecified atom stereocenters. The van der Waals surface area contributed by atoms with Crippen molar-refractivity contribution in [2.24, 2.45) is 5.73 Å². The zero-order valence-corrected chi connectivity index (χ0v) is 19.4. The molecule has 2 amide bonds. The van der Waals surface area contributed by atoms with E-state index in [1.54, 1.807) is 17.5 Å². The van der Waals surface area contributed by atoms with Crippen molar-refractivity contribution in [1.82, 2.24) is 0 Å². The largest absolute Gasteiger partial charge is 0.452 e. The molecule has 11 heteroatoms. The molecule has 3 N–H and O–H groups in total. The van der Waals surface area contributed by atoms with Crippen LogP contribution in [0.1, 0.15) is 26.3 Å². The monoisotopic (exact) mass is 487 g/mol. The molecule has 0 aliphatic heterocycles. The predicted octanol–water partition coefficient (Wildman–Crippen LogP) is 2.78. The van der Waals surface area contributed by atoms with Crippen molar-refractivity contribution >= 4 is 49.8 Å². The number of anilines is 2. The number of aryl methyl sites for hydroxylation is 1. The van der Waals surface area contributed by atoms with Gasteiger partial charge in [0.05, 0.1) is 21.7 Å². The molecular weight excluding hydrogens is 466 g/mol. The topological polar surface area (TPSA) is 136 Å². The zero-order valence-electron chi connectivity index (χ0n) is 17.8. The van der Waals surface area contributed by atoms with Crippen molar-refractivity contribution in [3.8, 4) is 0 Å². The van der Waals surface area contributed by atoms with Crippen molar-refractivity contribution in [3.63, 3.8) is 0 Å². The highest BCUT2D eigenvalue weighted by atomic mass is 32.2. The van der Waals surface area contributed by atoms with Crippen LogP contribution in [0.3, 0.4) is 0 Å². The van der Waals surface area contributed by atoms with Gasteiger partial charge in [0, 0.05) is 7.05 Å². The van der Waals surface area contributed by atoms with Crippen LogP contribution < -0.4 is 15.4 Å². The molecule has 0 atom stereocenters. The minimum atomic E-state index is -3.77. The number of sulfonamides is 1. The summed E-state index contributed by atoms with van der Waals surface area (Å²) >= 11 is 1.12. The van der Waals surface area contributed by atoms with Gasteiger partial charge >= 0.3 is 5.97 Å². The Hall–Kier alpha value is -3.70. The number of carbonyl (C=O) groups is 3. The van der Waals surface area contributed by atoms with Gasteiger partial charge in [-0.1, -0.05) is 17.7 Å². The maximum Gasteiger partial charge on any atom is 0.338 e.